The third-order valence-corrected chi connectivity index (χ3v) is 4.64. The first-order chi connectivity index (χ1) is 11.9. The second-order valence-electron chi connectivity index (χ2n) is 6.07. The van der Waals surface area contributed by atoms with Gasteiger partial charge in [0.25, 0.3) is 5.91 Å². The van der Waals surface area contributed by atoms with Crippen LogP contribution in [0.15, 0.2) is 12.1 Å². The van der Waals surface area contributed by atoms with Gasteiger partial charge in [-0.25, -0.2) is 0 Å². The minimum absolute atomic E-state index is 0.0942. The van der Waals surface area contributed by atoms with E-state index in [1.807, 2.05) is 13.8 Å². The molecule has 0 unspecified atom stereocenters. The number of amides is 2. The first kappa shape index (κ1) is 19.8. The van der Waals surface area contributed by atoms with E-state index < -0.39 is 11.9 Å². The van der Waals surface area contributed by atoms with Crippen LogP contribution in [0.2, 0.25) is 10.0 Å². The second-order valence-corrected chi connectivity index (χ2v) is 6.88. The van der Waals surface area contributed by atoms with Crippen molar-refractivity contribution in [3.63, 3.8) is 0 Å². The molecule has 1 aliphatic heterocycles. The summed E-state index contributed by atoms with van der Waals surface area (Å²) >= 11 is 12.2. The lowest BCUT2D eigenvalue weighted by atomic mass is 10.0. The zero-order valence-electron chi connectivity index (χ0n) is 14.5. The Bertz CT molecular complexity index is 646. The van der Waals surface area contributed by atoms with Crippen LogP contribution in [0.3, 0.4) is 0 Å². The maximum absolute atomic E-state index is 12.8. The third kappa shape index (κ3) is 4.57. The fraction of sp³-hybridized carbons (Fsp3) is 0.529. The van der Waals surface area contributed by atoms with E-state index in [0.29, 0.717) is 26.3 Å². The largest absolute Gasteiger partial charge is 0.494 e. The molecule has 2 rings (SSSR count). The number of benzene rings is 1. The van der Waals surface area contributed by atoms with Crippen molar-refractivity contribution >= 4 is 35.0 Å². The third-order valence-electron chi connectivity index (χ3n) is 4.03. The number of carbonyl (C=O) groups excluding carboxylic acids is 2. The summed E-state index contributed by atoms with van der Waals surface area (Å²) in [4.78, 5) is 27.2. The molecule has 1 aromatic carbocycles. The molecule has 0 bridgehead atoms. The number of hydrogen-bond donors (Lipinski definition) is 1. The molecule has 0 radical (unpaired) electrons. The Labute approximate surface area is 157 Å². The summed E-state index contributed by atoms with van der Waals surface area (Å²) in [7, 11) is 1.41. The Morgan fingerprint density at radius 3 is 2.36 bits per heavy atom. The molecule has 6 nitrogen and oxygen atoms in total. The summed E-state index contributed by atoms with van der Waals surface area (Å²) in [5, 5.41) is 3.26. The number of morpholine rings is 1. The highest BCUT2D eigenvalue weighted by Gasteiger charge is 2.31. The lowest BCUT2D eigenvalue weighted by Gasteiger charge is -2.32. The molecule has 1 atom stereocenters. The average Bonchev–Trinajstić information content (AvgIpc) is 2.61. The number of hydrogen-bond acceptors (Lipinski definition) is 4. The van der Waals surface area contributed by atoms with Crippen molar-refractivity contribution in [1.29, 1.82) is 0 Å². The smallest absolute Gasteiger partial charge is 0.257 e. The summed E-state index contributed by atoms with van der Waals surface area (Å²) in [5.41, 5.74) is 0.122. The summed E-state index contributed by atoms with van der Waals surface area (Å²) in [6, 6.07) is 2.40. The van der Waals surface area contributed by atoms with Gasteiger partial charge < -0.3 is 19.7 Å². The number of rotatable bonds is 5. The van der Waals surface area contributed by atoms with Crippen LogP contribution in [-0.4, -0.2) is 56.2 Å². The van der Waals surface area contributed by atoms with Gasteiger partial charge in [-0.2, -0.15) is 0 Å². The van der Waals surface area contributed by atoms with Gasteiger partial charge in [0.15, 0.2) is 5.75 Å². The highest BCUT2D eigenvalue weighted by Crippen LogP contribution is 2.33. The topological polar surface area (TPSA) is 67.9 Å². The van der Waals surface area contributed by atoms with E-state index >= 15 is 0 Å². The van der Waals surface area contributed by atoms with E-state index in [9.17, 15) is 9.59 Å². The van der Waals surface area contributed by atoms with Gasteiger partial charge in [-0.15, -0.1) is 0 Å². The van der Waals surface area contributed by atoms with E-state index in [1.54, 1.807) is 11.0 Å². The summed E-state index contributed by atoms with van der Waals surface area (Å²) in [5.74, 6) is -0.537. The van der Waals surface area contributed by atoms with Gasteiger partial charge in [-0.3, -0.25) is 9.59 Å². The molecule has 1 fully saturated rings. The van der Waals surface area contributed by atoms with Gasteiger partial charge in [0.2, 0.25) is 5.91 Å². The predicted octanol–water partition coefficient (Wildman–Crippen LogP) is 2.62. The van der Waals surface area contributed by atoms with Gasteiger partial charge in [-0.05, 0) is 18.1 Å². The molecule has 1 N–H and O–H groups in total. The van der Waals surface area contributed by atoms with Crippen molar-refractivity contribution in [2.24, 2.45) is 5.92 Å². The lowest BCUT2D eigenvalue weighted by molar-refractivity contribution is -0.138. The first-order valence-corrected chi connectivity index (χ1v) is 8.81. The Morgan fingerprint density at radius 2 is 1.80 bits per heavy atom. The number of ether oxygens (including phenoxy) is 2. The molecule has 0 spiro atoms. The minimum atomic E-state index is -0.676. The maximum atomic E-state index is 12.8. The van der Waals surface area contributed by atoms with Crippen LogP contribution in [0.5, 0.6) is 5.75 Å². The molecule has 2 amide bonds. The van der Waals surface area contributed by atoms with E-state index in [2.05, 4.69) is 5.32 Å². The van der Waals surface area contributed by atoms with Crippen LogP contribution < -0.4 is 10.1 Å². The van der Waals surface area contributed by atoms with Crippen LogP contribution in [0.1, 0.15) is 24.2 Å². The van der Waals surface area contributed by atoms with E-state index in [1.165, 1.54) is 13.2 Å². The standard InChI is InChI=1S/C17H22Cl2N2O4/c1-10(2)14(17(23)21-6-8-25-9-7-21)20-16(22)13-11(18)4-5-12(19)15(13)24-3/h4-5,10,14H,6-9H2,1-3H3,(H,20,22)/t14-/m0/s1. The molecule has 138 valence electrons. The molecular formula is C17H22Cl2N2O4. The van der Waals surface area contributed by atoms with Crippen LogP contribution >= 0.6 is 23.2 Å². The molecule has 0 aliphatic carbocycles. The van der Waals surface area contributed by atoms with Crippen LogP contribution in [0.4, 0.5) is 0 Å². The predicted molar refractivity (Wildman–Crippen MR) is 96.5 cm³/mol. The Balaban J connectivity index is 2.24. The van der Waals surface area contributed by atoms with Crippen molar-refractivity contribution in [1.82, 2.24) is 10.2 Å². The highest BCUT2D eigenvalue weighted by molar-refractivity contribution is 6.37. The molecule has 0 aromatic heterocycles. The molecule has 1 aromatic rings. The maximum Gasteiger partial charge on any atom is 0.257 e. The van der Waals surface area contributed by atoms with Crippen molar-refractivity contribution in [3.05, 3.63) is 27.7 Å². The number of nitrogens with zero attached hydrogens (tertiary/aromatic N) is 1. The van der Waals surface area contributed by atoms with Crippen molar-refractivity contribution in [2.45, 2.75) is 19.9 Å². The Morgan fingerprint density at radius 1 is 1.20 bits per heavy atom. The molecule has 1 heterocycles. The molecule has 25 heavy (non-hydrogen) atoms. The highest BCUT2D eigenvalue weighted by atomic mass is 35.5. The fourth-order valence-electron chi connectivity index (χ4n) is 2.65. The SMILES string of the molecule is COc1c(Cl)ccc(Cl)c1C(=O)N[C@H](C(=O)N1CCOCC1)C(C)C. The zero-order chi connectivity index (χ0) is 18.6. The average molecular weight is 389 g/mol. The molecule has 8 heteroatoms. The monoisotopic (exact) mass is 388 g/mol. The lowest BCUT2D eigenvalue weighted by Crippen LogP contribution is -2.53. The van der Waals surface area contributed by atoms with Crippen molar-refractivity contribution < 1.29 is 19.1 Å². The van der Waals surface area contributed by atoms with Crippen molar-refractivity contribution in [2.75, 3.05) is 33.4 Å². The Hall–Kier alpha value is -1.50. The van der Waals surface area contributed by atoms with Gasteiger partial charge in [0, 0.05) is 13.1 Å². The van der Waals surface area contributed by atoms with Gasteiger partial charge in [0.05, 0.1) is 30.4 Å². The molecule has 0 saturated carbocycles. The van der Waals surface area contributed by atoms with E-state index in [-0.39, 0.29) is 33.2 Å². The first-order valence-electron chi connectivity index (χ1n) is 8.06. The number of methoxy groups -OCH3 is 1. The van der Waals surface area contributed by atoms with Gasteiger partial charge in [0.1, 0.15) is 11.6 Å². The van der Waals surface area contributed by atoms with Crippen molar-refractivity contribution in [3.8, 4) is 5.75 Å². The van der Waals surface area contributed by atoms with Gasteiger partial charge in [-0.1, -0.05) is 37.0 Å². The van der Waals surface area contributed by atoms with Crippen LogP contribution in [-0.2, 0) is 9.53 Å². The van der Waals surface area contributed by atoms with E-state index in [0.717, 1.165) is 0 Å². The van der Waals surface area contributed by atoms with E-state index in [4.69, 9.17) is 32.7 Å². The zero-order valence-corrected chi connectivity index (χ0v) is 16.0. The molecular weight excluding hydrogens is 367 g/mol. The minimum Gasteiger partial charge on any atom is -0.494 e. The fourth-order valence-corrected chi connectivity index (χ4v) is 3.12. The Kier molecular flexibility index (Phi) is 6.93. The normalized spacial score (nSPS) is 15.8. The number of carbonyl (C=O) groups is 2. The number of nitrogens with one attached hydrogen (secondary N) is 1. The van der Waals surface area contributed by atoms with Crippen LogP contribution in [0.25, 0.3) is 0 Å². The molecule has 1 aliphatic rings. The number of halogens is 2. The summed E-state index contributed by atoms with van der Waals surface area (Å²) in [6.07, 6.45) is 0. The van der Waals surface area contributed by atoms with Gasteiger partial charge >= 0.3 is 0 Å². The summed E-state index contributed by atoms with van der Waals surface area (Å²) in [6.45, 7) is 5.77. The van der Waals surface area contributed by atoms with Crippen LogP contribution in [0, 0.1) is 5.92 Å². The second kappa shape index (κ2) is 8.74. The molecule has 1 saturated heterocycles. The summed E-state index contributed by atoms with van der Waals surface area (Å²) < 4.78 is 10.5. The quantitative estimate of drug-likeness (QED) is 0.841.